The molecule has 0 bridgehead atoms. The molecule has 5 rings (SSSR count). The van der Waals surface area contributed by atoms with Gasteiger partial charge in [0.1, 0.15) is 19.3 Å². The minimum atomic E-state index is -0.968. The third-order valence-electron chi connectivity index (χ3n) is 9.61. The molecule has 0 aromatic heterocycles. The van der Waals surface area contributed by atoms with Crippen molar-refractivity contribution < 1.29 is 33.8 Å². The van der Waals surface area contributed by atoms with Gasteiger partial charge in [-0.15, -0.1) is 0 Å². The van der Waals surface area contributed by atoms with Gasteiger partial charge in [0.15, 0.2) is 0 Å². The quantitative estimate of drug-likeness (QED) is 0.192. The Morgan fingerprint density at radius 2 is 1.59 bits per heavy atom. The molecule has 2 aliphatic rings. The van der Waals surface area contributed by atoms with Gasteiger partial charge in [-0.1, -0.05) is 112 Å². The van der Waals surface area contributed by atoms with Crippen molar-refractivity contribution in [1.82, 2.24) is 15.5 Å². The number of allylic oxidation sites excluding steroid dienone is 2. The van der Waals surface area contributed by atoms with Crippen LogP contribution < -0.4 is 10.6 Å². The monoisotopic (exact) mass is 695 g/mol. The Morgan fingerprint density at radius 1 is 0.941 bits per heavy atom. The maximum atomic E-state index is 13.7. The van der Waals surface area contributed by atoms with Crippen LogP contribution in [0.4, 0.5) is 4.79 Å². The smallest absolute Gasteiger partial charge is 0.407 e. The average molecular weight is 696 g/mol. The lowest BCUT2D eigenvalue weighted by atomic mass is 9.86. The second-order valence-corrected chi connectivity index (χ2v) is 14.3. The molecule has 270 valence electrons. The van der Waals surface area contributed by atoms with E-state index >= 15 is 0 Å². The SMILES string of the molecule is CC(C)(C)[C@H]1COC(=O)[C@@H](NC(=O)OCC2c3ccccc3-c3ccccc32)CCC=CC[C@H](CC(=O)N(CCO)Cc2ccccc2)C(=O)N1. The van der Waals surface area contributed by atoms with Gasteiger partial charge >= 0.3 is 12.1 Å². The molecule has 1 aliphatic heterocycles. The zero-order chi connectivity index (χ0) is 36.4. The van der Waals surface area contributed by atoms with Crippen LogP contribution in [-0.4, -0.2) is 72.3 Å². The van der Waals surface area contributed by atoms with Crippen molar-refractivity contribution in [3.8, 4) is 11.1 Å². The highest BCUT2D eigenvalue weighted by Crippen LogP contribution is 2.44. The van der Waals surface area contributed by atoms with Crippen LogP contribution in [0.1, 0.15) is 69.1 Å². The molecule has 10 heteroatoms. The van der Waals surface area contributed by atoms with Crippen molar-refractivity contribution in [1.29, 1.82) is 0 Å². The zero-order valence-electron chi connectivity index (χ0n) is 29.7. The fourth-order valence-corrected chi connectivity index (χ4v) is 6.58. The number of aliphatic hydroxyl groups excluding tert-OH is 1. The molecule has 0 saturated heterocycles. The maximum Gasteiger partial charge on any atom is 0.407 e. The van der Waals surface area contributed by atoms with Crippen LogP contribution in [0.2, 0.25) is 0 Å². The summed E-state index contributed by atoms with van der Waals surface area (Å²) in [6.07, 6.45) is 3.89. The van der Waals surface area contributed by atoms with E-state index in [0.29, 0.717) is 19.4 Å². The van der Waals surface area contributed by atoms with Gasteiger partial charge in [0.2, 0.25) is 11.8 Å². The molecule has 3 atom stereocenters. The molecule has 0 fully saturated rings. The number of ether oxygens (including phenoxy) is 2. The van der Waals surface area contributed by atoms with E-state index < -0.39 is 35.5 Å². The highest BCUT2D eigenvalue weighted by molar-refractivity contribution is 5.86. The van der Waals surface area contributed by atoms with Gasteiger partial charge in [-0.3, -0.25) is 9.59 Å². The second kappa shape index (κ2) is 17.3. The van der Waals surface area contributed by atoms with Crippen LogP contribution in [-0.2, 0) is 30.4 Å². The lowest BCUT2D eigenvalue weighted by Gasteiger charge is -2.33. The number of aliphatic hydroxyl groups is 1. The van der Waals surface area contributed by atoms with Crippen molar-refractivity contribution in [2.75, 3.05) is 26.4 Å². The van der Waals surface area contributed by atoms with Gasteiger partial charge in [-0.25, -0.2) is 9.59 Å². The van der Waals surface area contributed by atoms with Crippen molar-refractivity contribution in [3.63, 3.8) is 0 Å². The van der Waals surface area contributed by atoms with Crippen LogP contribution in [0.3, 0.4) is 0 Å². The molecule has 10 nitrogen and oxygen atoms in total. The van der Waals surface area contributed by atoms with Gasteiger partial charge in [-0.05, 0) is 52.5 Å². The average Bonchev–Trinajstić information content (AvgIpc) is 3.44. The minimum absolute atomic E-state index is 0.0500. The lowest BCUT2D eigenvalue weighted by Crippen LogP contribution is -2.50. The number of fused-ring (bicyclic) bond motifs is 3. The number of cyclic esters (lactones) is 1. The molecule has 1 aliphatic carbocycles. The Kier molecular flexibility index (Phi) is 12.7. The van der Waals surface area contributed by atoms with E-state index in [0.717, 1.165) is 27.8 Å². The summed E-state index contributed by atoms with van der Waals surface area (Å²) >= 11 is 0. The highest BCUT2D eigenvalue weighted by Gasteiger charge is 2.34. The summed E-state index contributed by atoms with van der Waals surface area (Å²) < 4.78 is 11.4. The van der Waals surface area contributed by atoms with Gasteiger partial charge in [-0.2, -0.15) is 0 Å². The first-order chi connectivity index (χ1) is 24.5. The predicted octanol–water partition coefficient (Wildman–Crippen LogP) is 5.74. The molecule has 0 radical (unpaired) electrons. The summed E-state index contributed by atoms with van der Waals surface area (Å²) in [7, 11) is 0. The van der Waals surface area contributed by atoms with E-state index in [1.165, 1.54) is 0 Å². The summed E-state index contributed by atoms with van der Waals surface area (Å²) in [5.74, 6) is -1.98. The number of nitrogens with zero attached hydrogens (tertiary/aromatic N) is 1. The molecule has 0 unspecified atom stereocenters. The molecule has 3 aromatic carbocycles. The maximum absolute atomic E-state index is 13.7. The Hall–Kier alpha value is -4.96. The number of benzene rings is 3. The van der Waals surface area contributed by atoms with Crippen molar-refractivity contribution >= 4 is 23.9 Å². The van der Waals surface area contributed by atoms with Crippen molar-refractivity contribution in [3.05, 3.63) is 108 Å². The van der Waals surface area contributed by atoms with Crippen molar-refractivity contribution in [2.45, 2.75) is 71.0 Å². The Labute approximate surface area is 300 Å². The first-order valence-electron chi connectivity index (χ1n) is 17.7. The van der Waals surface area contributed by atoms with E-state index in [9.17, 15) is 24.3 Å². The number of carbonyl (C=O) groups excluding carboxylic acids is 4. The predicted molar refractivity (Wildman–Crippen MR) is 194 cm³/mol. The fraction of sp³-hybridized carbons (Fsp3) is 0.415. The Bertz CT molecular complexity index is 1660. The normalized spacial score (nSPS) is 19.6. The van der Waals surface area contributed by atoms with E-state index in [2.05, 4.69) is 22.8 Å². The first-order valence-corrected chi connectivity index (χ1v) is 17.7. The van der Waals surface area contributed by atoms with Crippen molar-refractivity contribution in [2.24, 2.45) is 11.3 Å². The van der Waals surface area contributed by atoms with Gasteiger partial charge in [0, 0.05) is 25.4 Å². The third kappa shape index (κ3) is 9.85. The van der Waals surface area contributed by atoms with Crippen LogP contribution in [0, 0.1) is 11.3 Å². The molecule has 0 spiro atoms. The van der Waals surface area contributed by atoms with E-state index in [1.807, 2.05) is 99.7 Å². The van der Waals surface area contributed by atoms with Gasteiger partial charge in [0.25, 0.3) is 0 Å². The summed E-state index contributed by atoms with van der Waals surface area (Å²) in [6.45, 7) is 6.06. The largest absolute Gasteiger partial charge is 0.462 e. The summed E-state index contributed by atoms with van der Waals surface area (Å²) in [6, 6.07) is 24.1. The summed E-state index contributed by atoms with van der Waals surface area (Å²) in [5.41, 5.74) is 4.85. The number of esters is 1. The standard InChI is InChI=1S/C41H49N3O7/c1-41(2,3)36-27-50-39(48)35(42-40(49)51-26-34-32-19-12-10-17-30(32)31-18-11-13-20-33(31)34)21-9-5-8-16-29(38(47)43-36)24-37(46)44(22-23-45)25-28-14-6-4-7-15-28/h4-8,10-15,17-20,29,34-36,45H,9,16,21-27H2,1-3H3,(H,42,49)(H,43,47)/t29-,35+,36-/m1/s1. The molecule has 3 amide bonds. The lowest BCUT2D eigenvalue weighted by molar-refractivity contribution is -0.148. The summed E-state index contributed by atoms with van der Waals surface area (Å²) in [5, 5.41) is 15.4. The van der Waals surface area contributed by atoms with Crippen LogP contribution in [0.25, 0.3) is 11.1 Å². The van der Waals surface area contributed by atoms with Crippen LogP contribution in [0.5, 0.6) is 0 Å². The number of hydrogen-bond acceptors (Lipinski definition) is 7. The fourth-order valence-electron chi connectivity index (χ4n) is 6.58. The molecule has 51 heavy (non-hydrogen) atoms. The molecule has 3 aromatic rings. The van der Waals surface area contributed by atoms with Gasteiger partial charge in [0.05, 0.1) is 18.6 Å². The van der Waals surface area contributed by atoms with Crippen LogP contribution >= 0.6 is 0 Å². The molecule has 3 N–H and O–H groups in total. The minimum Gasteiger partial charge on any atom is -0.462 e. The molecular weight excluding hydrogens is 646 g/mol. The number of amides is 3. The van der Waals surface area contributed by atoms with E-state index in [1.54, 1.807) is 4.90 Å². The topological polar surface area (TPSA) is 134 Å². The zero-order valence-corrected chi connectivity index (χ0v) is 29.7. The van der Waals surface area contributed by atoms with Gasteiger partial charge < -0.3 is 30.1 Å². The molecule has 1 heterocycles. The Balaban J connectivity index is 1.25. The number of nitrogens with one attached hydrogen (secondary N) is 2. The molecule has 0 saturated carbocycles. The number of hydrogen-bond donors (Lipinski definition) is 3. The number of carbonyl (C=O) groups is 4. The summed E-state index contributed by atoms with van der Waals surface area (Å²) in [4.78, 5) is 55.3. The number of rotatable bonds is 9. The molecular formula is C41H49N3O7. The Morgan fingerprint density at radius 3 is 2.24 bits per heavy atom. The second-order valence-electron chi connectivity index (χ2n) is 14.3. The third-order valence-corrected chi connectivity index (χ3v) is 9.61. The van der Waals surface area contributed by atoms with Crippen LogP contribution in [0.15, 0.2) is 91.0 Å². The first kappa shape index (κ1) is 37.3. The van der Waals surface area contributed by atoms with E-state index in [4.69, 9.17) is 9.47 Å². The number of alkyl carbamates (subject to hydrolysis) is 1. The highest BCUT2D eigenvalue weighted by atomic mass is 16.6. The van der Waals surface area contributed by atoms with E-state index in [-0.39, 0.29) is 56.9 Å².